The first-order valence-electron chi connectivity index (χ1n) is 19.1. The molecule has 1 aliphatic heterocycles. The van der Waals surface area contributed by atoms with E-state index in [0.29, 0.717) is 47.1 Å². The zero-order valence-corrected chi connectivity index (χ0v) is 34.7. The molecule has 0 radical (unpaired) electrons. The number of primary amides is 1. The van der Waals surface area contributed by atoms with Gasteiger partial charge in [0.15, 0.2) is 6.23 Å². The number of rotatable bonds is 11. The highest BCUT2D eigenvalue weighted by atomic mass is 35.5. The van der Waals surface area contributed by atoms with E-state index in [1.807, 2.05) is 98.4 Å². The minimum absolute atomic E-state index is 0.165. The van der Waals surface area contributed by atoms with Gasteiger partial charge in [0.25, 0.3) is 11.8 Å². The summed E-state index contributed by atoms with van der Waals surface area (Å²) in [6.07, 6.45) is 3.73. The Hall–Kier alpha value is -5.75. The lowest BCUT2D eigenvalue weighted by molar-refractivity contribution is 0.0413. The molecule has 58 heavy (non-hydrogen) atoms. The number of hydrogen-bond donors (Lipinski definition) is 1. The molecule has 0 unspecified atom stereocenters. The van der Waals surface area contributed by atoms with Gasteiger partial charge in [-0.25, -0.2) is 9.97 Å². The maximum absolute atomic E-state index is 15.5. The molecule has 296 valence electrons. The fourth-order valence-corrected chi connectivity index (χ4v) is 8.80. The first-order valence-corrected chi connectivity index (χ1v) is 19.8. The molecule has 7 aromatic rings. The molecular formula is C45H43Cl2N7O4. The molecule has 2 amide bonds. The fourth-order valence-electron chi connectivity index (χ4n) is 8.44. The molecule has 11 nitrogen and oxygen atoms in total. The number of hydrogen-bond acceptors (Lipinski definition) is 7. The van der Waals surface area contributed by atoms with Crippen LogP contribution in [0, 0.1) is 34.6 Å². The van der Waals surface area contributed by atoms with Crippen LogP contribution >= 0.6 is 23.2 Å². The quantitative estimate of drug-likeness (QED) is 0.129. The normalized spacial score (nSPS) is 14.1. The van der Waals surface area contributed by atoms with E-state index < -0.39 is 12.1 Å². The SMILES string of the molecule is CO[C@@H]1CN(c2cc(C)cc3cc(C(N)=O)n(Cc4ccccn4)c23)C(=O)c2c(CCCOc3cc(C)c(Cl)c(C)c3)c3ccc(Cl)c(-c4c(C)ncnc4C)c3n21. The second-order valence-electron chi connectivity index (χ2n) is 14.9. The summed E-state index contributed by atoms with van der Waals surface area (Å²) in [7, 11) is 1.64. The topological polar surface area (TPSA) is 130 Å². The van der Waals surface area contributed by atoms with Gasteiger partial charge in [0.05, 0.1) is 47.1 Å². The van der Waals surface area contributed by atoms with Crippen LogP contribution < -0.4 is 15.4 Å². The van der Waals surface area contributed by atoms with E-state index in [4.69, 9.17) is 38.4 Å². The predicted molar refractivity (Wildman–Crippen MR) is 228 cm³/mol. The minimum atomic E-state index is -0.631. The van der Waals surface area contributed by atoms with Crippen LogP contribution in [0.3, 0.4) is 0 Å². The van der Waals surface area contributed by atoms with Gasteiger partial charge in [-0.15, -0.1) is 0 Å². The van der Waals surface area contributed by atoms with E-state index in [0.717, 1.165) is 77.5 Å². The molecule has 0 bridgehead atoms. The van der Waals surface area contributed by atoms with Crippen molar-refractivity contribution < 1.29 is 19.1 Å². The number of aryl methyl sites for hydroxylation is 6. The highest BCUT2D eigenvalue weighted by Crippen LogP contribution is 2.46. The summed E-state index contributed by atoms with van der Waals surface area (Å²) in [6.45, 7) is 10.6. The van der Waals surface area contributed by atoms with Crippen LogP contribution in [0.25, 0.3) is 32.9 Å². The van der Waals surface area contributed by atoms with Crippen LogP contribution in [0.5, 0.6) is 5.75 Å². The lowest BCUT2D eigenvalue weighted by Gasteiger charge is -2.36. The predicted octanol–water partition coefficient (Wildman–Crippen LogP) is 9.26. The highest BCUT2D eigenvalue weighted by molar-refractivity contribution is 6.35. The number of anilines is 1. The molecule has 1 aliphatic rings. The number of methoxy groups -OCH3 is 1. The Morgan fingerprint density at radius 3 is 2.33 bits per heavy atom. The molecular weight excluding hydrogens is 773 g/mol. The summed E-state index contributed by atoms with van der Waals surface area (Å²) in [5.74, 6) is -0.0623. The van der Waals surface area contributed by atoms with E-state index in [2.05, 4.69) is 15.0 Å². The summed E-state index contributed by atoms with van der Waals surface area (Å²) >= 11 is 13.6. The molecule has 0 fully saturated rings. The molecule has 4 aromatic heterocycles. The van der Waals surface area contributed by atoms with Gasteiger partial charge in [0.2, 0.25) is 0 Å². The van der Waals surface area contributed by atoms with Crippen molar-refractivity contribution in [3.63, 3.8) is 0 Å². The third-order valence-electron chi connectivity index (χ3n) is 11.0. The van der Waals surface area contributed by atoms with E-state index in [-0.39, 0.29) is 19.0 Å². The zero-order chi connectivity index (χ0) is 41.0. The van der Waals surface area contributed by atoms with Crippen LogP contribution in [0.4, 0.5) is 5.69 Å². The number of ether oxygens (including phenoxy) is 2. The van der Waals surface area contributed by atoms with Crippen molar-refractivity contribution in [2.24, 2.45) is 5.73 Å². The lowest BCUT2D eigenvalue weighted by atomic mass is 9.97. The first kappa shape index (κ1) is 39.1. The van der Waals surface area contributed by atoms with Crippen LogP contribution in [0.1, 0.15) is 73.0 Å². The lowest BCUT2D eigenvalue weighted by Crippen LogP contribution is -2.44. The van der Waals surface area contributed by atoms with Gasteiger partial charge in [-0.1, -0.05) is 35.3 Å². The second kappa shape index (κ2) is 15.5. The van der Waals surface area contributed by atoms with Gasteiger partial charge in [0.1, 0.15) is 23.5 Å². The van der Waals surface area contributed by atoms with Crippen LogP contribution in [-0.2, 0) is 17.7 Å². The summed E-state index contributed by atoms with van der Waals surface area (Å²) in [6, 6.07) is 19.1. The Bertz CT molecular complexity index is 2730. The average Bonchev–Trinajstić information content (AvgIpc) is 3.72. The van der Waals surface area contributed by atoms with Crippen LogP contribution in [0.2, 0.25) is 10.0 Å². The number of aromatic nitrogens is 5. The van der Waals surface area contributed by atoms with Crippen molar-refractivity contribution in [2.75, 3.05) is 25.2 Å². The Morgan fingerprint density at radius 1 is 0.914 bits per heavy atom. The third-order valence-corrected chi connectivity index (χ3v) is 11.9. The zero-order valence-electron chi connectivity index (χ0n) is 33.2. The number of benzene rings is 3. The van der Waals surface area contributed by atoms with E-state index in [1.165, 1.54) is 0 Å². The Kier molecular flexibility index (Phi) is 10.5. The Balaban J connectivity index is 1.31. The molecule has 8 rings (SSSR count). The van der Waals surface area contributed by atoms with E-state index >= 15 is 4.79 Å². The molecule has 5 heterocycles. The number of nitrogens with two attached hydrogens (primary N) is 1. The van der Waals surface area contributed by atoms with Gasteiger partial charge in [0, 0.05) is 51.6 Å². The van der Waals surface area contributed by atoms with Gasteiger partial charge >= 0.3 is 0 Å². The van der Waals surface area contributed by atoms with Gasteiger partial charge in [-0.05, 0) is 118 Å². The average molecular weight is 817 g/mol. The monoisotopic (exact) mass is 815 g/mol. The maximum atomic E-state index is 15.5. The number of carbonyl (C=O) groups excluding carboxylic acids is 2. The van der Waals surface area contributed by atoms with E-state index in [9.17, 15) is 4.79 Å². The number of pyridine rings is 1. The van der Waals surface area contributed by atoms with Crippen molar-refractivity contribution in [2.45, 2.75) is 60.2 Å². The van der Waals surface area contributed by atoms with Crippen LogP contribution in [-0.4, -0.2) is 56.2 Å². The van der Waals surface area contributed by atoms with Crippen molar-refractivity contribution >= 4 is 62.5 Å². The molecule has 3 aromatic carbocycles. The minimum Gasteiger partial charge on any atom is -0.494 e. The number of halogens is 2. The fraction of sp³-hybridized carbons (Fsp3) is 0.267. The Morgan fingerprint density at radius 2 is 1.66 bits per heavy atom. The summed E-state index contributed by atoms with van der Waals surface area (Å²) in [4.78, 5) is 43.8. The van der Waals surface area contributed by atoms with E-state index in [1.54, 1.807) is 30.6 Å². The largest absolute Gasteiger partial charge is 0.494 e. The van der Waals surface area contributed by atoms with Crippen molar-refractivity contribution in [1.82, 2.24) is 24.1 Å². The summed E-state index contributed by atoms with van der Waals surface area (Å²) in [5, 5.41) is 2.88. The molecule has 0 spiro atoms. The van der Waals surface area contributed by atoms with Gasteiger partial charge in [-0.2, -0.15) is 0 Å². The van der Waals surface area contributed by atoms with Crippen molar-refractivity contribution in [3.8, 4) is 16.9 Å². The number of carbonyl (C=O) groups is 2. The third kappa shape index (κ3) is 6.76. The molecule has 1 atom stereocenters. The molecule has 0 saturated heterocycles. The van der Waals surface area contributed by atoms with Gasteiger partial charge in [-0.3, -0.25) is 14.6 Å². The molecule has 0 saturated carbocycles. The second-order valence-corrected chi connectivity index (χ2v) is 15.7. The number of nitrogens with zero attached hydrogens (tertiary/aromatic N) is 6. The van der Waals surface area contributed by atoms with Gasteiger partial charge < -0.3 is 29.2 Å². The Labute approximate surface area is 346 Å². The smallest absolute Gasteiger partial charge is 0.275 e. The molecule has 0 aliphatic carbocycles. The van der Waals surface area contributed by atoms with Crippen molar-refractivity contribution in [1.29, 1.82) is 0 Å². The van der Waals surface area contributed by atoms with Crippen LogP contribution in [0.15, 0.2) is 73.2 Å². The molecule has 2 N–H and O–H groups in total. The summed E-state index contributed by atoms with van der Waals surface area (Å²) in [5.41, 5.74) is 16.3. The summed E-state index contributed by atoms with van der Waals surface area (Å²) < 4.78 is 16.4. The van der Waals surface area contributed by atoms with Crippen molar-refractivity contribution in [3.05, 3.63) is 134 Å². The highest BCUT2D eigenvalue weighted by Gasteiger charge is 2.39. The molecule has 13 heteroatoms. The standard InChI is InChI=1S/C45H43Cl2N7O4/c1-24-16-29-20-36(44(48)55)52(21-30-10-7-8-14-49-30)41(29)35(17-24)53-22-37(57-6)54-42-33(12-13-34(46)39(42)38-27(4)50-23-51-28(38)5)32(43(54)45(53)56)11-9-15-58-31-18-25(2)40(47)26(3)19-31/h7-8,10,12-14,16-20,23,37H,9,11,15,21-22H2,1-6H3,(H2,48,55)/t37-/m1/s1. The maximum Gasteiger partial charge on any atom is 0.275 e. The number of amides is 2. The number of fused-ring (bicyclic) bond motifs is 4. The first-order chi connectivity index (χ1) is 27.9.